The molecule has 4 heteroatoms. The molecule has 0 unspecified atom stereocenters. The van der Waals surface area contributed by atoms with Gasteiger partial charge in [0.25, 0.3) is 0 Å². The number of hydrogen-bond donors (Lipinski definition) is 1. The zero-order valence-corrected chi connectivity index (χ0v) is 12.7. The summed E-state index contributed by atoms with van der Waals surface area (Å²) in [5, 5.41) is 12.1. The predicted octanol–water partition coefficient (Wildman–Crippen LogP) is 3.32. The van der Waals surface area contributed by atoms with Crippen LogP contribution in [0.3, 0.4) is 0 Å². The minimum atomic E-state index is -0.743. The number of nitrogens with zero attached hydrogens (tertiary/aromatic N) is 1. The highest BCUT2D eigenvalue weighted by molar-refractivity contribution is 5.94. The average Bonchev–Trinajstić information content (AvgIpc) is 2.52. The number of carbonyl (C=O) groups excluding carboxylic acids is 1. The van der Waals surface area contributed by atoms with Gasteiger partial charge >= 0.3 is 0 Å². The zero-order valence-electron chi connectivity index (χ0n) is 12.7. The van der Waals surface area contributed by atoms with Crippen LogP contribution in [-0.2, 0) is 11.2 Å². The molecule has 4 nitrogen and oxygen atoms in total. The van der Waals surface area contributed by atoms with Gasteiger partial charge < -0.3 is 10.1 Å². The van der Waals surface area contributed by atoms with E-state index in [9.17, 15) is 10.1 Å². The monoisotopic (exact) mass is 294 g/mol. The van der Waals surface area contributed by atoms with Crippen molar-refractivity contribution in [1.82, 2.24) is 0 Å². The Morgan fingerprint density at radius 1 is 1.27 bits per heavy atom. The van der Waals surface area contributed by atoms with Gasteiger partial charge in [-0.2, -0.15) is 5.26 Å². The van der Waals surface area contributed by atoms with E-state index in [-0.39, 0.29) is 5.91 Å². The molecule has 0 aliphatic carbocycles. The number of nitrogens with one attached hydrogen (secondary N) is 1. The van der Waals surface area contributed by atoms with Gasteiger partial charge in [-0.25, -0.2) is 0 Å². The SMILES string of the molecule is COc1cccc(C[C@H](C#N)C(=O)Nc2cccc(C)c2)c1. The van der Waals surface area contributed by atoms with Gasteiger partial charge in [-0.15, -0.1) is 0 Å². The Hall–Kier alpha value is -2.80. The first-order valence-corrected chi connectivity index (χ1v) is 7.02. The molecule has 1 N–H and O–H groups in total. The molecule has 22 heavy (non-hydrogen) atoms. The first kappa shape index (κ1) is 15.6. The highest BCUT2D eigenvalue weighted by Gasteiger charge is 2.18. The highest BCUT2D eigenvalue weighted by Crippen LogP contribution is 2.17. The van der Waals surface area contributed by atoms with Crippen LogP contribution in [0.25, 0.3) is 0 Å². The number of carbonyl (C=O) groups is 1. The number of benzene rings is 2. The third kappa shape index (κ3) is 4.10. The molecule has 2 aromatic carbocycles. The fourth-order valence-corrected chi connectivity index (χ4v) is 2.18. The first-order valence-electron chi connectivity index (χ1n) is 7.02. The van der Waals surface area contributed by atoms with E-state index < -0.39 is 5.92 Å². The number of nitriles is 1. The van der Waals surface area contributed by atoms with Crippen LogP contribution in [0.5, 0.6) is 5.75 Å². The first-order chi connectivity index (χ1) is 10.6. The van der Waals surface area contributed by atoms with Crippen LogP contribution < -0.4 is 10.1 Å². The second kappa shape index (κ2) is 7.28. The van der Waals surface area contributed by atoms with E-state index in [4.69, 9.17) is 4.74 Å². The smallest absolute Gasteiger partial charge is 0.242 e. The molecule has 0 spiro atoms. The van der Waals surface area contributed by atoms with Crippen molar-refractivity contribution in [3.8, 4) is 11.8 Å². The van der Waals surface area contributed by atoms with Crippen molar-refractivity contribution in [1.29, 1.82) is 5.26 Å². The van der Waals surface area contributed by atoms with E-state index in [0.29, 0.717) is 17.9 Å². The Labute approximate surface area is 130 Å². The van der Waals surface area contributed by atoms with Crippen molar-refractivity contribution in [2.75, 3.05) is 12.4 Å². The molecule has 0 aromatic heterocycles. The summed E-state index contributed by atoms with van der Waals surface area (Å²) in [6, 6.07) is 17.0. The molecule has 0 saturated carbocycles. The quantitative estimate of drug-likeness (QED) is 0.920. The van der Waals surface area contributed by atoms with E-state index in [1.807, 2.05) is 55.5 Å². The van der Waals surface area contributed by atoms with Gasteiger partial charge in [0, 0.05) is 5.69 Å². The number of anilines is 1. The van der Waals surface area contributed by atoms with Gasteiger partial charge in [-0.3, -0.25) is 4.79 Å². The van der Waals surface area contributed by atoms with Crippen molar-refractivity contribution >= 4 is 11.6 Å². The lowest BCUT2D eigenvalue weighted by molar-refractivity contribution is -0.118. The summed E-state index contributed by atoms with van der Waals surface area (Å²) in [7, 11) is 1.59. The molecule has 2 aromatic rings. The molecule has 0 aliphatic heterocycles. The number of rotatable bonds is 5. The predicted molar refractivity (Wildman–Crippen MR) is 85.6 cm³/mol. The van der Waals surface area contributed by atoms with E-state index in [1.54, 1.807) is 7.11 Å². The van der Waals surface area contributed by atoms with Crippen LogP contribution in [0.2, 0.25) is 0 Å². The summed E-state index contributed by atoms with van der Waals surface area (Å²) in [6.45, 7) is 1.95. The number of hydrogen-bond acceptors (Lipinski definition) is 3. The van der Waals surface area contributed by atoms with Gasteiger partial charge in [0.15, 0.2) is 0 Å². The van der Waals surface area contributed by atoms with Crippen LogP contribution >= 0.6 is 0 Å². The molecule has 0 fully saturated rings. The summed E-state index contributed by atoms with van der Waals surface area (Å²) in [5.74, 6) is -0.322. The van der Waals surface area contributed by atoms with Crippen LogP contribution in [0.1, 0.15) is 11.1 Å². The minimum Gasteiger partial charge on any atom is -0.497 e. The van der Waals surface area contributed by atoms with Crippen molar-refractivity contribution < 1.29 is 9.53 Å². The lowest BCUT2D eigenvalue weighted by Crippen LogP contribution is -2.23. The Morgan fingerprint density at radius 2 is 2.05 bits per heavy atom. The maximum absolute atomic E-state index is 12.2. The number of methoxy groups -OCH3 is 1. The van der Waals surface area contributed by atoms with Gasteiger partial charge in [-0.05, 0) is 48.7 Å². The highest BCUT2D eigenvalue weighted by atomic mass is 16.5. The van der Waals surface area contributed by atoms with Crippen LogP contribution in [0.4, 0.5) is 5.69 Å². The molecule has 0 radical (unpaired) electrons. The molecular weight excluding hydrogens is 276 g/mol. The number of aryl methyl sites for hydroxylation is 1. The van der Waals surface area contributed by atoms with E-state index in [2.05, 4.69) is 11.4 Å². The van der Waals surface area contributed by atoms with Crippen LogP contribution in [-0.4, -0.2) is 13.0 Å². The lowest BCUT2D eigenvalue weighted by Gasteiger charge is -2.11. The Bertz CT molecular complexity index is 704. The third-order valence-corrected chi connectivity index (χ3v) is 3.33. The Kier molecular flexibility index (Phi) is 5.16. The summed E-state index contributed by atoms with van der Waals surface area (Å²) in [6.07, 6.45) is 0.353. The fourth-order valence-electron chi connectivity index (χ4n) is 2.18. The summed E-state index contributed by atoms with van der Waals surface area (Å²) < 4.78 is 5.16. The molecule has 0 aliphatic rings. The number of amides is 1. The molecule has 1 atom stereocenters. The van der Waals surface area contributed by atoms with Gasteiger partial charge in [-0.1, -0.05) is 24.3 Å². The molecule has 2 rings (SSSR count). The van der Waals surface area contributed by atoms with Gasteiger partial charge in [0.05, 0.1) is 13.2 Å². The standard InChI is InChI=1S/C18H18N2O2/c1-13-5-3-7-16(9-13)20-18(21)15(12-19)10-14-6-4-8-17(11-14)22-2/h3-9,11,15H,10H2,1-2H3,(H,20,21)/t15-/m1/s1. The largest absolute Gasteiger partial charge is 0.497 e. The average molecular weight is 294 g/mol. The maximum atomic E-state index is 12.2. The van der Waals surface area contributed by atoms with E-state index in [1.165, 1.54) is 0 Å². The fraction of sp³-hybridized carbons (Fsp3) is 0.222. The molecule has 112 valence electrons. The zero-order chi connectivity index (χ0) is 15.9. The van der Waals surface area contributed by atoms with E-state index >= 15 is 0 Å². The molecule has 0 heterocycles. The van der Waals surface area contributed by atoms with Crippen molar-refractivity contribution in [3.63, 3.8) is 0 Å². The van der Waals surface area contributed by atoms with Crippen LogP contribution in [0, 0.1) is 24.2 Å². The summed E-state index contributed by atoms with van der Waals surface area (Å²) in [4.78, 5) is 12.2. The van der Waals surface area contributed by atoms with Crippen molar-refractivity contribution in [3.05, 3.63) is 59.7 Å². The summed E-state index contributed by atoms with van der Waals surface area (Å²) in [5.41, 5.74) is 2.65. The normalized spacial score (nSPS) is 11.3. The molecule has 0 bridgehead atoms. The Morgan fingerprint density at radius 3 is 2.73 bits per heavy atom. The minimum absolute atomic E-state index is 0.295. The number of ether oxygens (including phenoxy) is 1. The van der Waals surface area contributed by atoms with E-state index in [0.717, 1.165) is 11.1 Å². The third-order valence-electron chi connectivity index (χ3n) is 3.33. The lowest BCUT2D eigenvalue weighted by atomic mass is 9.99. The Balaban J connectivity index is 2.07. The maximum Gasteiger partial charge on any atom is 0.242 e. The van der Waals surface area contributed by atoms with Gasteiger partial charge in [0.1, 0.15) is 11.7 Å². The van der Waals surface area contributed by atoms with Gasteiger partial charge in [0.2, 0.25) is 5.91 Å². The molecule has 1 amide bonds. The molecular formula is C18H18N2O2. The second-order valence-electron chi connectivity index (χ2n) is 5.10. The molecule has 0 saturated heterocycles. The van der Waals surface area contributed by atoms with Crippen LogP contribution in [0.15, 0.2) is 48.5 Å². The van der Waals surface area contributed by atoms with Crippen molar-refractivity contribution in [2.24, 2.45) is 5.92 Å². The topological polar surface area (TPSA) is 62.1 Å². The summed E-state index contributed by atoms with van der Waals surface area (Å²) >= 11 is 0. The van der Waals surface area contributed by atoms with Crippen molar-refractivity contribution in [2.45, 2.75) is 13.3 Å². The second-order valence-corrected chi connectivity index (χ2v) is 5.10.